The van der Waals surface area contributed by atoms with Crippen LogP contribution >= 0.6 is 0 Å². The molecule has 0 aromatic rings. The summed E-state index contributed by atoms with van der Waals surface area (Å²) in [6, 6.07) is -0.311. The second-order valence-electron chi connectivity index (χ2n) is 4.44. The van der Waals surface area contributed by atoms with Gasteiger partial charge in [0.2, 0.25) is 0 Å². The number of allylic oxidation sites excluding steroid dienone is 1. The van der Waals surface area contributed by atoms with E-state index >= 15 is 0 Å². The van der Waals surface area contributed by atoms with Crippen LogP contribution in [0.5, 0.6) is 0 Å². The number of aliphatic hydroxyl groups excluding tert-OH is 3. The number of rotatable bonds is 2. The van der Waals surface area contributed by atoms with E-state index in [1.165, 1.54) is 0 Å². The molecule has 0 aliphatic carbocycles. The van der Waals surface area contributed by atoms with Crippen LogP contribution in [0.25, 0.3) is 0 Å². The smallest absolute Gasteiger partial charge is 0.0991 e. The molecule has 2 heterocycles. The fourth-order valence-corrected chi connectivity index (χ4v) is 3.00. The third kappa shape index (κ3) is 1.61. The van der Waals surface area contributed by atoms with Gasteiger partial charge < -0.3 is 15.3 Å². The van der Waals surface area contributed by atoms with Crippen LogP contribution in [-0.2, 0) is 0 Å². The predicted molar refractivity (Wildman–Crippen MR) is 56.3 cm³/mol. The molecule has 0 spiro atoms. The Balaban J connectivity index is 2.18. The molecule has 2 fully saturated rings. The highest BCUT2D eigenvalue weighted by Crippen LogP contribution is 2.37. The Morgan fingerprint density at radius 2 is 2.07 bits per heavy atom. The fourth-order valence-electron chi connectivity index (χ4n) is 3.00. The molecule has 2 aliphatic rings. The number of aliphatic hydroxyl groups is 3. The first kappa shape index (κ1) is 11.1. The highest BCUT2D eigenvalue weighted by molar-refractivity contribution is 5.11. The van der Waals surface area contributed by atoms with Gasteiger partial charge in [0.05, 0.1) is 24.9 Å². The second kappa shape index (κ2) is 4.22. The summed E-state index contributed by atoms with van der Waals surface area (Å²) in [7, 11) is 0. The standard InChI is InChI=1S/C11H19NO3/c1-2-3-7-4-5-12-8(6-13)10(14)11(15)9(7)12/h2-3,7-11,13-15H,4-6H2,1H3/b3-2+/t7-,8+,9-,10-,11-/m1/s1. The summed E-state index contributed by atoms with van der Waals surface area (Å²) in [4.78, 5) is 2.04. The van der Waals surface area contributed by atoms with Gasteiger partial charge in [-0.3, -0.25) is 4.90 Å². The Hall–Kier alpha value is -0.420. The van der Waals surface area contributed by atoms with Gasteiger partial charge in [0, 0.05) is 6.04 Å². The van der Waals surface area contributed by atoms with E-state index in [-0.39, 0.29) is 18.7 Å². The van der Waals surface area contributed by atoms with Crippen LogP contribution in [0.2, 0.25) is 0 Å². The van der Waals surface area contributed by atoms with Crippen LogP contribution < -0.4 is 0 Å². The molecule has 0 radical (unpaired) electrons. The molecule has 0 unspecified atom stereocenters. The van der Waals surface area contributed by atoms with Gasteiger partial charge in [0.15, 0.2) is 0 Å². The molecule has 2 rings (SSSR count). The zero-order valence-corrected chi connectivity index (χ0v) is 8.95. The average Bonchev–Trinajstić information content (AvgIpc) is 2.71. The van der Waals surface area contributed by atoms with Crippen molar-refractivity contribution in [1.82, 2.24) is 4.90 Å². The number of hydrogen-bond acceptors (Lipinski definition) is 4. The summed E-state index contributed by atoms with van der Waals surface area (Å²) in [5.74, 6) is 0.302. The van der Waals surface area contributed by atoms with Crippen LogP contribution in [0.3, 0.4) is 0 Å². The van der Waals surface area contributed by atoms with Crippen LogP contribution in [0.15, 0.2) is 12.2 Å². The van der Waals surface area contributed by atoms with Crippen molar-refractivity contribution in [3.63, 3.8) is 0 Å². The van der Waals surface area contributed by atoms with Crippen molar-refractivity contribution in [2.75, 3.05) is 13.2 Å². The molecule has 4 heteroatoms. The zero-order chi connectivity index (χ0) is 11.0. The van der Waals surface area contributed by atoms with Gasteiger partial charge in [0.1, 0.15) is 0 Å². The Morgan fingerprint density at radius 3 is 2.67 bits per heavy atom. The molecule has 3 N–H and O–H groups in total. The molecule has 4 nitrogen and oxygen atoms in total. The van der Waals surface area contributed by atoms with Crippen molar-refractivity contribution < 1.29 is 15.3 Å². The lowest BCUT2D eigenvalue weighted by Gasteiger charge is -2.23. The SMILES string of the molecule is C/C=C/[C@@H]1CCN2[C@H]1[C@@H](O)[C@H](O)[C@@H]2CO. The van der Waals surface area contributed by atoms with Crippen LogP contribution in [0, 0.1) is 5.92 Å². The molecule has 2 aliphatic heterocycles. The highest BCUT2D eigenvalue weighted by Gasteiger charge is 2.52. The van der Waals surface area contributed by atoms with E-state index in [0.717, 1.165) is 13.0 Å². The molecule has 0 aromatic heterocycles. The van der Waals surface area contributed by atoms with Gasteiger partial charge in [0.25, 0.3) is 0 Å². The highest BCUT2D eigenvalue weighted by atomic mass is 16.3. The summed E-state index contributed by atoms with van der Waals surface area (Å²) in [5, 5.41) is 28.9. The minimum atomic E-state index is -0.812. The van der Waals surface area contributed by atoms with Crippen LogP contribution in [-0.4, -0.2) is 57.7 Å². The van der Waals surface area contributed by atoms with Crippen molar-refractivity contribution in [1.29, 1.82) is 0 Å². The van der Waals surface area contributed by atoms with E-state index in [9.17, 15) is 15.3 Å². The van der Waals surface area contributed by atoms with Gasteiger partial charge in [-0.2, -0.15) is 0 Å². The maximum atomic E-state index is 9.93. The first-order chi connectivity index (χ1) is 7.20. The van der Waals surface area contributed by atoms with Crippen molar-refractivity contribution in [2.45, 2.75) is 37.6 Å². The lowest BCUT2D eigenvalue weighted by Crippen LogP contribution is -2.39. The summed E-state index contributed by atoms with van der Waals surface area (Å²) in [6.45, 7) is 2.72. The van der Waals surface area contributed by atoms with Gasteiger partial charge in [-0.1, -0.05) is 12.2 Å². The minimum Gasteiger partial charge on any atom is -0.395 e. The molecule has 5 atom stereocenters. The predicted octanol–water partition coefficient (Wildman–Crippen LogP) is -0.651. The second-order valence-corrected chi connectivity index (χ2v) is 4.44. The van der Waals surface area contributed by atoms with E-state index in [0.29, 0.717) is 5.92 Å². The normalized spacial score (nSPS) is 46.5. The molecule has 0 aromatic carbocycles. The number of nitrogens with zero attached hydrogens (tertiary/aromatic N) is 1. The molecule has 0 bridgehead atoms. The molecule has 86 valence electrons. The third-order valence-corrected chi connectivity index (χ3v) is 3.69. The molecule has 0 saturated carbocycles. The summed E-state index contributed by atoms with van der Waals surface area (Å²) >= 11 is 0. The number of fused-ring (bicyclic) bond motifs is 1. The topological polar surface area (TPSA) is 63.9 Å². The molecule has 15 heavy (non-hydrogen) atoms. The van der Waals surface area contributed by atoms with Crippen molar-refractivity contribution in [2.24, 2.45) is 5.92 Å². The van der Waals surface area contributed by atoms with Crippen molar-refractivity contribution >= 4 is 0 Å². The molecular formula is C11H19NO3. The Labute approximate surface area is 89.8 Å². The summed E-state index contributed by atoms with van der Waals surface area (Å²) in [6.07, 6.45) is 3.52. The summed E-state index contributed by atoms with van der Waals surface area (Å²) < 4.78 is 0. The van der Waals surface area contributed by atoms with E-state index in [4.69, 9.17) is 0 Å². The van der Waals surface area contributed by atoms with Gasteiger partial charge in [-0.05, 0) is 25.8 Å². The van der Waals surface area contributed by atoms with Gasteiger partial charge in [-0.15, -0.1) is 0 Å². The Morgan fingerprint density at radius 1 is 1.33 bits per heavy atom. The zero-order valence-electron chi connectivity index (χ0n) is 8.95. The van der Waals surface area contributed by atoms with E-state index in [1.54, 1.807) is 0 Å². The Kier molecular flexibility index (Phi) is 3.11. The maximum absolute atomic E-state index is 9.93. The third-order valence-electron chi connectivity index (χ3n) is 3.69. The van der Waals surface area contributed by atoms with Crippen molar-refractivity contribution in [3.8, 4) is 0 Å². The van der Waals surface area contributed by atoms with Crippen LogP contribution in [0.4, 0.5) is 0 Å². The van der Waals surface area contributed by atoms with Crippen LogP contribution in [0.1, 0.15) is 13.3 Å². The Bertz CT molecular complexity index is 256. The minimum absolute atomic E-state index is 0.0200. The first-order valence-corrected chi connectivity index (χ1v) is 5.56. The molecule has 0 amide bonds. The van der Waals surface area contributed by atoms with Gasteiger partial charge in [-0.25, -0.2) is 0 Å². The lowest BCUT2D eigenvalue weighted by molar-refractivity contribution is 0.0129. The molecular weight excluding hydrogens is 194 g/mol. The first-order valence-electron chi connectivity index (χ1n) is 5.56. The maximum Gasteiger partial charge on any atom is 0.0991 e. The quantitative estimate of drug-likeness (QED) is 0.533. The monoisotopic (exact) mass is 213 g/mol. The average molecular weight is 213 g/mol. The van der Waals surface area contributed by atoms with E-state index in [1.807, 2.05) is 17.9 Å². The lowest BCUT2D eigenvalue weighted by atomic mass is 9.94. The van der Waals surface area contributed by atoms with E-state index in [2.05, 4.69) is 6.08 Å². The van der Waals surface area contributed by atoms with E-state index < -0.39 is 12.2 Å². The van der Waals surface area contributed by atoms with Crippen molar-refractivity contribution in [3.05, 3.63) is 12.2 Å². The fraction of sp³-hybridized carbons (Fsp3) is 0.818. The number of hydrogen-bond donors (Lipinski definition) is 3. The largest absolute Gasteiger partial charge is 0.395 e. The summed E-state index contributed by atoms with van der Waals surface area (Å²) in [5.41, 5.74) is 0. The van der Waals surface area contributed by atoms with Gasteiger partial charge >= 0.3 is 0 Å². The molecule has 2 saturated heterocycles.